The van der Waals surface area contributed by atoms with Crippen LogP contribution in [0, 0.1) is 0 Å². The van der Waals surface area contributed by atoms with E-state index in [1.54, 1.807) is 14.0 Å². The zero-order chi connectivity index (χ0) is 24.7. The lowest BCUT2D eigenvalue weighted by molar-refractivity contribution is 0.0528. The number of nitrogens with zero attached hydrogens (tertiary/aromatic N) is 2. The molecule has 3 aromatic rings. The number of methoxy groups -OCH3 is 1. The number of phenolic OH excluding ortho intramolecular Hbond substituents is 1. The van der Waals surface area contributed by atoms with Crippen LogP contribution in [0.4, 0.5) is 0 Å². The van der Waals surface area contributed by atoms with Gasteiger partial charge in [0.25, 0.3) is 0 Å². The number of esters is 1. The number of carbonyl (C=O) groups excluding carboxylic acids is 1. The molecule has 2 aromatic carbocycles. The monoisotopic (exact) mass is 556 g/mol. The van der Waals surface area contributed by atoms with Gasteiger partial charge in [-0.1, -0.05) is 24.4 Å². The summed E-state index contributed by atoms with van der Waals surface area (Å²) >= 11 is 9.62. The van der Waals surface area contributed by atoms with Gasteiger partial charge in [0, 0.05) is 23.5 Å². The third-order valence-corrected chi connectivity index (χ3v) is 7.87. The molecule has 2 heterocycles. The Morgan fingerprint density at radius 1 is 1.23 bits per heavy atom. The number of halogens is 1. The van der Waals surface area contributed by atoms with Gasteiger partial charge in [-0.15, -0.1) is 0 Å². The molecular weight excluding hydrogens is 528 g/mol. The number of thiocarbonyl (C=S) groups is 1. The first kappa shape index (κ1) is 24.3. The van der Waals surface area contributed by atoms with Crippen molar-refractivity contribution in [1.82, 2.24) is 9.47 Å². The minimum absolute atomic E-state index is 0.168. The third kappa shape index (κ3) is 4.47. The van der Waals surface area contributed by atoms with Gasteiger partial charge in [0.15, 0.2) is 0 Å². The van der Waals surface area contributed by atoms with Crippen molar-refractivity contribution in [1.29, 1.82) is 0 Å². The number of benzene rings is 2. The van der Waals surface area contributed by atoms with Crippen molar-refractivity contribution in [3.05, 3.63) is 57.2 Å². The fraction of sp³-hybridized carbons (Fsp3) is 0.407. The van der Waals surface area contributed by atoms with Gasteiger partial charge in [-0.05, 0) is 85.4 Å². The van der Waals surface area contributed by atoms with Crippen LogP contribution < -0.4 is 4.74 Å². The van der Waals surface area contributed by atoms with Crippen LogP contribution in [-0.4, -0.2) is 52.2 Å². The Balaban J connectivity index is 1.81. The van der Waals surface area contributed by atoms with Gasteiger partial charge >= 0.3 is 5.97 Å². The molecule has 184 valence electrons. The first-order chi connectivity index (χ1) is 16.9. The van der Waals surface area contributed by atoms with Crippen LogP contribution in [0.5, 0.6) is 11.5 Å². The first-order valence-corrected chi connectivity index (χ1v) is 13.3. The Morgan fingerprint density at radius 3 is 2.63 bits per heavy atom. The number of hydrogen-bond acceptors (Lipinski definition) is 6. The lowest BCUT2D eigenvalue weighted by atomic mass is 10.00. The highest BCUT2D eigenvalue weighted by molar-refractivity contribution is 9.10. The molecule has 5 rings (SSSR count). The number of hydrogen-bond donors (Lipinski definition) is 1. The van der Waals surface area contributed by atoms with E-state index in [-0.39, 0.29) is 18.4 Å². The van der Waals surface area contributed by atoms with Gasteiger partial charge in [-0.25, -0.2) is 4.79 Å². The maximum Gasteiger partial charge on any atom is 0.341 e. The minimum Gasteiger partial charge on any atom is -0.506 e. The van der Waals surface area contributed by atoms with Crippen LogP contribution in [0.25, 0.3) is 10.9 Å². The summed E-state index contributed by atoms with van der Waals surface area (Å²) in [6, 6.07) is 9.76. The summed E-state index contributed by atoms with van der Waals surface area (Å²) in [6.07, 6.45) is 4.30. The topological polar surface area (TPSA) is 63.9 Å². The van der Waals surface area contributed by atoms with Gasteiger partial charge < -0.3 is 19.1 Å². The lowest BCUT2D eigenvalue weighted by Crippen LogP contribution is -2.19. The van der Waals surface area contributed by atoms with Crippen LogP contribution in [0.15, 0.2) is 34.8 Å². The van der Waals surface area contributed by atoms with E-state index in [0.29, 0.717) is 32.9 Å². The Morgan fingerprint density at radius 2 is 1.97 bits per heavy atom. The maximum absolute atomic E-state index is 13.6. The van der Waals surface area contributed by atoms with E-state index in [0.717, 1.165) is 60.8 Å². The molecule has 2 aliphatic rings. The SMILES string of the molecule is CCOC(=O)c1c(C(=S)c2cccc(OC)c2)n(C2CC2)c2cc(Br)c(O)c(CN3CCCC3)c12. The van der Waals surface area contributed by atoms with Gasteiger partial charge in [-0.3, -0.25) is 4.90 Å². The molecule has 1 aliphatic heterocycles. The molecule has 0 atom stereocenters. The Bertz CT molecular complexity index is 1310. The Hall–Kier alpha value is -2.42. The second kappa shape index (κ2) is 9.91. The molecule has 1 N–H and O–H groups in total. The van der Waals surface area contributed by atoms with E-state index >= 15 is 0 Å². The Labute approximate surface area is 218 Å². The van der Waals surface area contributed by atoms with Crippen molar-refractivity contribution in [3.8, 4) is 11.5 Å². The Kier molecular flexibility index (Phi) is 6.88. The van der Waals surface area contributed by atoms with Crippen molar-refractivity contribution >= 4 is 49.9 Å². The molecule has 0 amide bonds. The van der Waals surface area contributed by atoms with Gasteiger partial charge in [0.2, 0.25) is 0 Å². The predicted octanol–water partition coefficient (Wildman–Crippen LogP) is 5.99. The third-order valence-electron chi connectivity index (χ3n) is 6.84. The quantitative estimate of drug-likeness (QED) is 0.209. The summed E-state index contributed by atoms with van der Waals surface area (Å²) in [5.74, 6) is 0.454. The highest BCUT2D eigenvalue weighted by atomic mass is 79.9. The molecule has 0 bridgehead atoms. The van der Waals surface area contributed by atoms with E-state index < -0.39 is 5.97 Å². The van der Waals surface area contributed by atoms with Crippen molar-refractivity contribution in [2.75, 3.05) is 26.8 Å². The molecule has 1 saturated heterocycles. The smallest absolute Gasteiger partial charge is 0.341 e. The number of carbonyl (C=O) groups is 1. The van der Waals surface area contributed by atoms with Gasteiger partial charge in [0.1, 0.15) is 11.5 Å². The van der Waals surface area contributed by atoms with Crippen molar-refractivity contribution in [2.45, 2.75) is 45.2 Å². The van der Waals surface area contributed by atoms with E-state index in [9.17, 15) is 9.90 Å². The summed E-state index contributed by atoms with van der Waals surface area (Å²) in [6.45, 7) is 4.57. The van der Waals surface area contributed by atoms with E-state index in [2.05, 4.69) is 25.4 Å². The fourth-order valence-corrected chi connectivity index (χ4v) is 5.85. The number of fused-ring (bicyclic) bond motifs is 1. The average Bonchev–Trinajstić information content (AvgIpc) is 3.45. The molecular formula is C27H29BrN2O4S. The summed E-state index contributed by atoms with van der Waals surface area (Å²) in [4.78, 5) is 16.4. The number of phenols is 1. The molecule has 8 heteroatoms. The zero-order valence-corrected chi connectivity index (χ0v) is 22.4. The molecule has 1 aromatic heterocycles. The largest absolute Gasteiger partial charge is 0.506 e. The number of ether oxygens (including phenoxy) is 2. The molecule has 0 unspecified atom stereocenters. The van der Waals surface area contributed by atoms with Crippen LogP contribution in [0.2, 0.25) is 0 Å². The van der Waals surface area contributed by atoms with Crippen molar-refractivity contribution in [3.63, 3.8) is 0 Å². The normalized spacial score (nSPS) is 16.1. The molecule has 35 heavy (non-hydrogen) atoms. The number of likely N-dealkylation sites (tertiary alicyclic amines) is 1. The first-order valence-electron chi connectivity index (χ1n) is 12.1. The van der Waals surface area contributed by atoms with Gasteiger partial charge in [0.05, 0.1) is 39.8 Å². The maximum atomic E-state index is 13.6. The summed E-state index contributed by atoms with van der Waals surface area (Å²) < 4.78 is 13.8. The highest BCUT2D eigenvalue weighted by Gasteiger charge is 2.36. The average molecular weight is 558 g/mol. The predicted molar refractivity (Wildman–Crippen MR) is 144 cm³/mol. The minimum atomic E-state index is -0.415. The number of aromatic nitrogens is 1. The number of rotatable bonds is 8. The molecule has 0 radical (unpaired) electrons. The fourth-order valence-electron chi connectivity index (χ4n) is 5.06. The van der Waals surface area contributed by atoms with Crippen LogP contribution in [0.3, 0.4) is 0 Å². The van der Waals surface area contributed by atoms with Crippen molar-refractivity contribution < 1.29 is 19.4 Å². The molecule has 1 aliphatic carbocycles. The van der Waals surface area contributed by atoms with Crippen LogP contribution >= 0.6 is 28.1 Å². The molecule has 0 spiro atoms. The summed E-state index contributed by atoms with van der Waals surface area (Å²) in [5, 5.41) is 11.9. The van der Waals surface area contributed by atoms with Crippen molar-refractivity contribution in [2.24, 2.45) is 0 Å². The van der Waals surface area contributed by atoms with E-state index in [4.69, 9.17) is 21.7 Å². The highest BCUT2D eigenvalue weighted by Crippen LogP contribution is 2.47. The lowest BCUT2D eigenvalue weighted by Gasteiger charge is -2.18. The molecule has 6 nitrogen and oxygen atoms in total. The van der Waals surface area contributed by atoms with Gasteiger partial charge in [-0.2, -0.15) is 0 Å². The second-order valence-electron chi connectivity index (χ2n) is 9.17. The van der Waals surface area contributed by atoms with Crippen LogP contribution in [0.1, 0.15) is 65.8 Å². The second-order valence-corrected chi connectivity index (χ2v) is 10.4. The van der Waals surface area contributed by atoms with E-state index in [1.165, 1.54) is 0 Å². The zero-order valence-electron chi connectivity index (χ0n) is 20.0. The standard InChI is InChI=1S/C27H29BrN2O4S/c1-3-34-27(32)23-22-19(15-29-11-4-5-12-29)25(31)20(28)14-21(22)30(17-9-10-17)24(23)26(35)16-7-6-8-18(13-16)33-2/h6-8,13-14,17,31H,3-5,9-12,15H2,1-2H3. The van der Waals surface area contributed by atoms with E-state index in [1.807, 2.05) is 30.3 Å². The van der Waals surface area contributed by atoms with Crippen LogP contribution in [-0.2, 0) is 11.3 Å². The molecule has 2 fully saturated rings. The number of aromatic hydroxyl groups is 1. The molecule has 1 saturated carbocycles. The summed E-state index contributed by atoms with van der Waals surface area (Å²) in [5.41, 5.74) is 3.57. The summed E-state index contributed by atoms with van der Waals surface area (Å²) in [7, 11) is 1.62.